The average molecular weight is 240 g/mol. The van der Waals surface area contributed by atoms with E-state index in [1.807, 2.05) is 13.8 Å². The molecule has 0 fully saturated rings. The zero-order valence-electron chi connectivity index (χ0n) is 8.79. The van der Waals surface area contributed by atoms with Gasteiger partial charge in [-0.15, -0.1) is 0 Å². The van der Waals surface area contributed by atoms with E-state index in [1.54, 1.807) is 0 Å². The molecule has 0 spiro atoms. The van der Waals surface area contributed by atoms with Crippen LogP contribution >= 0.6 is 11.6 Å². The molecular weight excluding hydrogens is 230 g/mol. The van der Waals surface area contributed by atoms with Gasteiger partial charge in [-0.25, -0.2) is 4.98 Å². The third kappa shape index (κ3) is 2.43. The summed E-state index contributed by atoms with van der Waals surface area (Å²) in [5.74, 6) is 0.751. The molecule has 16 heavy (non-hydrogen) atoms. The minimum Gasteiger partial charge on any atom is -0.352 e. The molecule has 0 bridgehead atoms. The fraction of sp³-hybridized carbons (Fsp3) is 0.375. The SMILES string of the molecule is CC(C)Nc1nc(Cl)nc(-n2cncn2)n1. The van der Waals surface area contributed by atoms with Crippen LogP contribution in [-0.4, -0.2) is 35.8 Å². The summed E-state index contributed by atoms with van der Waals surface area (Å²) in [5.41, 5.74) is 0. The number of rotatable bonds is 3. The predicted molar refractivity (Wildman–Crippen MR) is 58.5 cm³/mol. The maximum Gasteiger partial charge on any atom is 0.258 e. The minimum atomic E-state index is 0.114. The number of hydrogen-bond donors (Lipinski definition) is 1. The van der Waals surface area contributed by atoms with E-state index in [-0.39, 0.29) is 11.3 Å². The molecule has 0 radical (unpaired) electrons. The summed E-state index contributed by atoms with van der Waals surface area (Å²) in [7, 11) is 0. The van der Waals surface area contributed by atoms with Gasteiger partial charge in [0.1, 0.15) is 12.7 Å². The Labute approximate surface area is 96.9 Å². The number of anilines is 1. The molecule has 2 aromatic rings. The first-order chi connectivity index (χ1) is 7.65. The second-order valence-corrected chi connectivity index (χ2v) is 3.71. The minimum absolute atomic E-state index is 0.114. The summed E-state index contributed by atoms with van der Waals surface area (Å²) < 4.78 is 1.42. The molecule has 2 rings (SSSR count). The van der Waals surface area contributed by atoms with Crippen LogP contribution in [0.15, 0.2) is 12.7 Å². The molecule has 2 aromatic heterocycles. The number of hydrogen-bond acceptors (Lipinski definition) is 6. The lowest BCUT2D eigenvalue weighted by molar-refractivity contribution is 0.784. The number of nitrogens with zero attached hydrogens (tertiary/aromatic N) is 6. The molecule has 0 amide bonds. The van der Waals surface area contributed by atoms with Gasteiger partial charge in [0.05, 0.1) is 0 Å². The van der Waals surface area contributed by atoms with Gasteiger partial charge < -0.3 is 5.32 Å². The molecule has 0 saturated heterocycles. The standard InChI is InChI=1S/C8H10ClN7/c1-5(2)12-7-13-6(9)14-8(15-7)16-4-10-3-11-16/h3-5H,1-2H3,(H,12,13,14,15). The fourth-order valence-electron chi connectivity index (χ4n) is 1.08. The molecule has 8 heteroatoms. The van der Waals surface area contributed by atoms with Crippen LogP contribution in [0.3, 0.4) is 0 Å². The van der Waals surface area contributed by atoms with Crippen molar-refractivity contribution in [1.82, 2.24) is 29.7 Å². The van der Waals surface area contributed by atoms with Crippen molar-refractivity contribution in [3.05, 3.63) is 17.9 Å². The lowest BCUT2D eigenvalue weighted by Gasteiger charge is -2.08. The Kier molecular flexibility index (Phi) is 2.95. The van der Waals surface area contributed by atoms with Crippen LogP contribution in [0, 0.1) is 0 Å². The maximum atomic E-state index is 5.79. The lowest BCUT2D eigenvalue weighted by atomic mass is 10.4. The smallest absolute Gasteiger partial charge is 0.258 e. The van der Waals surface area contributed by atoms with Crippen molar-refractivity contribution < 1.29 is 0 Å². The quantitative estimate of drug-likeness (QED) is 0.858. The Morgan fingerprint density at radius 2 is 2.12 bits per heavy atom. The number of halogens is 1. The van der Waals surface area contributed by atoms with Crippen LogP contribution in [0.25, 0.3) is 5.95 Å². The first kappa shape index (κ1) is 10.7. The van der Waals surface area contributed by atoms with Gasteiger partial charge in [0, 0.05) is 6.04 Å². The highest BCUT2D eigenvalue weighted by Gasteiger charge is 2.07. The summed E-state index contributed by atoms with van der Waals surface area (Å²) in [6, 6.07) is 0.210. The van der Waals surface area contributed by atoms with Crippen LogP contribution in [0.1, 0.15) is 13.8 Å². The normalized spacial score (nSPS) is 10.8. The topological polar surface area (TPSA) is 81.4 Å². The van der Waals surface area contributed by atoms with E-state index in [0.717, 1.165) is 0 Å². The first-order valence-corrected chi connectivity index (χ1v) is 5.06. The molecule has 84 valence electrons. The Morgan fingerprint density at radius 3 is 2.75 bits per heavy atom. The van der Waals surface area contributed by atoms with Crippen molar-refractivity contribution in [2.45, 2.75) is 19.9 Å². The van der Waals surface area contributed by atoms with E-state index in [0.29, 0.717) is 11.9 Å². The Hall–Kier alpha value is -1.76. The first-order valence-electron chi connectivity index (χ1n) is 4.68. The molecule has 0 aliphatic rings. The third-order valence-corrected chi connectivity index (χ3v) is 1.81. The van der Waals surface area contributed by atoms with Gasteiger partial charge >= 0.3 is 0 Å². The second-order valence-electron chi connectivity index (χ2n) is 3.37. The van der Waals surface area contributed by atoms with E-state index in [4.69, 9.17) is 11.6 Å². The van der Waals surface area contributed by atoms with E-state index in [2.05, 4.69) is 30.4 Å². The predicted octanol–water partition coefficient (Wildman–Crippen LogP) is 0.926. The molecule has 0 unspecified atom stereocenters. The summed E-state index contributed by atoms with van der Waals surface area (Å²) in [6.07, 6.45) is 2.89. The second kappa shape index (κ2) is 4.40. The average Bonchev–Trinajstić information content (AvgIpc) is 2.67. The van der Waals surface area contributed by atoms with Gasteiger partial charge in [0.2, 0.25) is 11.2 Å². The lowest BCUT2D eigenvalue weighted by Crippen LogP contribution is -2.15. The zero-order valence-corrected chi connectivity index (χ0v) is 9.55. The van der Waals surface area contributed by atoms with Crippen LogP contribution < -0.4 is 5.32 Å². The van der Waals surface area contributed by atoms with Crippen molar-refractivity contribution in [3.8, 4) is 5.95 Å². The maximum absolute atomic E-state index is 5.79. The highest BCUT2D eigenvalue weighted by Crippen LogP contribution is 2.09. The highest BCUT2D eigenvalue weighted by atomic mass is 35.5. The Bertz CT molecular complexity index is 467. The Morgan fingerprint density at radius 1 is 1.31 bits per heavy atom. The molecule has 0 aliphatic heterocycles. The van der Waals surface area contributed by atoms with Crippen LogP contribution in [-0.2, 0) is 0 Å². The largest absolute Gasteiger partial charge is 0.352 e. The number of aromatic nitrogens is 6. The van der Waals surface area contributed by atoms with Crippen molar-refractivity contribution in [3.63, 3.8) is 0 Å². The van der Waals surface area contributed by atoms with Gasteiger partial charge in [0.25, 0.3) is 5.95 Å². The van der Waals surface area contributed by atoms with Crippen LogP contribution in [0.2, 0.25) is 5.28 Å². The van der Waals surface area contributed by atoms with E-state index >= 15 is 0 Å². The van der Waals surface area contributed by atoms with Gasteiger partial charge in [-0.2, -0.15) is 24.7 Å². The molecule has 2 heterocycles. The summed E-state index contributed by atoms with van der Waals surface area (Å²) in [6.45, 7) is 3.96. The Balaban J connectivity index is 2.36. The number of nitrogens with one attached hydrogen (secondary N) is 1. The van der Waals surface area contributed by atoms with Crippen LogP contribution in [0.5, 0.6) is 0 Å². The molecule has 1 N–H and O–H groups in total. The van der Waals surface area contributed by atoms with Crippen molar-refractivity contribution in [2.75, 3.05) is 5.32 Å². The van der Waals surface area contributed by atoms with Crippen LogP contribution in [0.4, 0.5) is 5.95 Å². The zero-order chi connectivity index (χ0) is 11.5. The molecule has 0 saturated carbocycles. The van der Waals surface area contributed by atoms with Crippen molar-refractivity contribution in [2.24, 2.45) is 0 Å². The molecule has 0 aliphatic carbocycles. The van der Waals surface area contributed by atoms with Crippen molar-refractivity contribution >= 4 is 17.5 Å². The monoisotopic (exact) mass is 239 g/mol. The molecule has 0 aromatic carbocycles. The van der Waals surface area contributed by atoms with Crippen molar-refractivity contribution in [1.29, 1.82) is 0 Å². The van der Waals surface area contributed by atoms with E-state index in [9.17, 15) is 0 Å². The van der Waals surface area contributed by atoms with E-state index in [1.165, 1.54) is 17.3 Å². The molecule has 7 nitrogen and oxygen atoms in total. The van der Waals surface area contributed by atoms with Gasteiger partial charge in [0.15, 0.2) is 0 Å². The highest BCUT2D eigenvalue weighted by molar-refractivity contribution is 6.28. The fourth-order valence-corrected chi connectivity index (χ4v) is 1.23. The summed E-state index contributed by atoms with van der Waals surface area (Å²) in [5, 5.41) is 7.07. The van der Waals surface area contributed by atoms with Gasteiger partial charge in [-0.1, -0.05) is 0 Å². The van der Waals surface area contributed by atoms with Gasteiger partial charge in [-0.05, 0) is 25.4 Å². The summed E-state index contributed by atoms with van der Waals surface area (Å²) >= 11 is 5.79. The summed E-state index contributed by atoms with van der Waals surface area (Å²) in [4.78, 5) is 15.9. The third-order valence-electron chi connectivity index (χ3n) is 1.64. The molecular formula is C8H10ClN7. The molecule has 0 atom stereocenters. The van der Waals surface area contributed by atoms with E-state index < -0.39 is 0 Å². The van der Waals surface area contributed by atoms with Gasteiger partial charge in [-0.3, -0.25) is 0 Å².